The third kappa shape index (κ3) is 4.93. The molecule has 5 nitrogen and oxygen atoms in total. The summed E-state index contributed by atoms with van der Waals surface area (Å²) in [5.74, 6) is -0.720. The smallest absolute Gasteiger partial charge is 0.313 e. The maximum Gasteiger partial charge on any atom is 0.313 e. The number of ether oxygens (including phenoxy) is 1. The molecule has 1 aromatic heterocycles. The predicted octanol–water partition coefficient (Wildman–Crippen LogP) is 3.23. The van der Waals surface area contributed by atoms with Crippen LogP contribution >= 0.6 is 11.8 Å². The minimum absolute atomic E-state index is 0.0682. The van der Waals surface area contributed by atoms with Crippen molar-refractivity contribution in [2.75, 3.05) is 12.4 Å². The summed E-state index contributed by atoms with van der Waals surface area (Å²) in [6.45, 7) is 1.94. The number of Topliss-reactive ketones (excluding diaryl/α,β-unsaturated/α-hetero) is 1. The number of thioether (sulfide) groups is 1. The number of hydrogen-bond donors (Lipinski definition) is 0. The van der Waals surface area contributed by atoms with E-state index in [0.29, 0.717) is 10.6 Å². The lowest BCUT2D eigenvalue weighted by Crippen LogP contribution is -2.12. The van der Waals surface area contributed by atoms with Crippen LogP contribution in [0.2, 0.25) is 0 Å². The first-order valence-corrected chi connectivity index (χ1v) is 8.39. The van der Waals surface area contributed by atoms with E-state index in [1.54, 1.807) is 19.1 Å². The topological polar surface area (TPSA) is 80.1 Å². The second-order valence-corrected chi connectivity index (χ2v) is 5.80. The number of nitriles is 1. The fraction of sp³-hybridized carbons (Fsp3) is 0.222. The van der Waals surface area contributed by atoms with E-state index < -0.39 is 5.97 Å². The molecule has 0 radical (unpaired) electrons. The Morgan fingerprint density at radius 1 is 1.21 bits per heavy atom. The minimum Gasteiger partial charge on any atom is -0.466 e. The number of rotatable bonds is 7. The highest BCUT2D eigenvalue weighted by Gasteiger charge is 2.13. The second kappa shape index (κ2) is 8.85. The van der Waals surface area contributed by atoms with Gasteiger partial charge < -0.3 is 4.74 Å². The van der Waals surface area contributed by atoms with Gasteiger partial charge in [-0.1, -0.05) is 42.1 Å². The molecule has 0 N–H and O–H groups in total. The highest BCUT2D eigenvalue weighted by molar-refractivity contribution is 8.00. The van der Waals surface area contributed by atoms with E-state index >= 15 is 0 Å². The van der Waals surface area contributed by atoms with Gasteiger partial charge in [0.25, 0.3) is 0 Å². The Kier molecular flexibility index (Phi) is 6.52. The maximum absolute atomic E-state index is 11.8. The lowest BCUT2D eigenvalue weighted by atomic mass is 10.1. The summed E-state index contributed by atoms with van der Waals surface area (Å²) >= 11 is 1.16. The van der Waals surface area contributed by atoms with Crippen LogP contribution in [0.5, 0.6) is 0 Å². The number of carbonyl (C=O) groups is 2. The average molecular weight is 340 g/mol. The molecule has 0 saturated carbocycles. The number of nitrogens with zero attached hydrogens (tertiary/aromatic N) is 2. The van der Waals surface area contributed by atoms with E-state index in [4.69, 9.17) is 4.74 Å². The summed E-state index contributed by atoms with van der Waals surface area (Å²) in [4.78, 5) is 27.6. The van der Waals surface area contributed by atoms with Crippen molar-refractivity contribution in [3.63, 3.8) is 0 Å². The second-order valence-electron chi connectivity index (χ2n) is 4.84. The first-order chi connectivity index (χ1) is 11.6. The van der Waals surface area contributed by atoms with Crippen LogP contribution in [0, 0.1) is 11.3 Å². The third-order valence-electron chi connectivity index (χ3n) is 3.07. The van der Waals surface area contributed by atoms with Crippen LogP contribution in [0.15, 0.2) is 47.5 Å². The lowest BCUT2D eigenvalue weighted by molar-refractivity contribution is -0.145. The van der Waals surface area contributed by atoms with Gasteiger partial charge in [0.15, 0.2) is 5.78 Å². The largest absolute Gasteiger partial charge is 0.466 e. The molecule has 0 saturated heterocycles. The number of pyridine rings is 1. The molecule has 2 aromatic rings. The molecule has 0 spiro atoms. The quantitative estimate of drug-likeness (QED) is 0.437. The van der Waals surface area contributed by atoms with Gasteiger partial charge in [0.05, 0.1) is 23.6 Å². The van der Waals surface area contributed by atoms with E-state index in [2.05, 4.69) is 11.1 Å². The van der Waals surface area contributed by atoms with Crippen molar-refractivity contribution in [3.05, 3.63) is 48.0 Å². The van der Waals surface area contributed by atoms with E-state index in [0.717, 1.165) is 23.0 Å². The predicted molar refractivity (Wildman–Crippen MR) is 91.4 cm³/mol. The van der Waals surface area contributed by atoms with Gasteiger partial charge in [-0.05, 0) is 19.1 Å². The molecule has 122 valence electrons. The zero-order valence-electron chi connectivity index (χ0n) is 13.2. The molecule has 0 aliphatic carbocycles. The minimum atomic E-state index is -0.533. The summed E-state index contributed by atoms with van der Waals surface area (Å²) in [5, 5.41) is 9.68. The summed E-state index contributed by atoms with van der Waals surface area (Å²) in [5.41, 5.74) is 2.07. The van der Waals surface area contributed by atoms with Crippen molar-refractivity contribution in [2.45, 2.75) is 18.4 Å². The van der Waals surface area contributed by atoms with Gasteiger partial charge in [0.1, 0.15) is 17.5 Å². The van der Waals surface area contributed by atoms with Crippen molar-refractivity contribution >= 4 is 23.5 Å². The third-order valence-corrected chi connectivity index (χ3v) is 4.12. The molecule has 0 aliphatic rings. The summed E-state index contributed by atoms with van der Waals surface area (Å²) in [6.07, 6.45) is -0.263. The molecule has 1 heterocycles. The number of esters is 1. The Bertz CT molecular complexity index is 770. The van der Waals surface area contributed by atoms with Crippen LogP contribution in [-0.2, 0) is 14.3 Å². The van der Waals surface area contributed by atoms with Crippen LogP contribution in [0.25, 0.3) is 11.3 Å². The first-order valence-electron chi connectivity index (χ1n) is 7.40. The van der Waals surface area contributed by atoms with E-state index in [1.165, 1.54) is 0 Å². The molecule has 6 heteroatoms. The van der Waals surface area contributed by atoms with Crippen LogP contribution in [0.4, 0.5) is 0 Å². The summed E-state index contributed by atoms with van der Waals surface area (Å²) < 4.78 is 4.75. The molecule has 0 amide bonds. The molecule has 0 fully saturated rings. The van der Waals surface area contributed by atoms with Crippen molar-refractivity contribution < 1.29 is 14.3 Å². The highest BCUT2D eigenvalue weighted by atomic mass is 32.2. The molecular weight excluding hydrogens is 324 g/mol. The van der Waals surface area contributed by atoms with Gasteiger partial charge in [-0.25, -0.2) is 4.98 Å². The number of hydrogen-bond acceptors (Lipinski definition) is 6. The highest BCUT2D eigenvalue weighted by Crippen LogP contribution is 2.25. The molecular formula is C18H16N2O3S. The van der Waals surface area contributed by atoms with E-state index in [9.17, 15) is 14.9 Å². The first kappa shape index (κ1) is 17.7. The lowest BCUT2D eigenvalue weighted by Gasteiger charge is -2.06. The number of benzene rings is 1. The Morgan fingerprint density at radius 2 is 1.96 bits per heavy atom. The van der Waals surface area contributed by atoms with Crippen molar-refractivity contribution in [2.24, 2.45) is 0 Å². The molecule has 2 rings (SSSR count). The Hall–Kier alpha value is -2.65. The number of carbonyl (C=O) groups excluding carboxylic acids is 2. The van der Waals surface area contributed by atoms with Gasteiger partial charge >= 0.3 is 5.97 Å². The van der Waals surface area contributed by atoms with Crippen molar-refractivity contribution in [1.29, 1.82) is 5.26 Å². The van der Waals surface area contributed by atoms with Crippen LogP contribution in [0.1, 0.15) is 18.9 Å². The monoisotopic (exact) mass is 340 g/mol. The fourth-order valence-corrected chi connectivity index (χ4v) is 2.81. The molecule has 0 unspecified atom stereocenters. The standard InChI is InChI=1S/C18H16N2O3S/c1-2-23-17(22)10-15(21)12-24-18-14(11-19)8-9-16(20-18)13-6-4-3-5-7-13/h3-9H,2,10,12H2,1H3. The SMILES string of the molecule is CCOC(=O)CC(=O)CSc1nc(-c2ccccc2)ccc1C#N. The van der Waals surface area contributed by atoms with Crippen LogP contribution in [-0.4, -0.2) is 29.1 Å². The Morgan fingerprint density at radius 3 is 2.62 bits per heavy atom. The number of ketones is 1. The van der Waals surface area contributed by atoms with Crippen LogP contribution < -0.4 is 0 Å². The van der Waals surface area contributed by atoms with Gasteiger partial charge in [0.2, 0.25) is 0 Å². The molecule has 0 atom stereocenters. The zero-order chi connectivity index (χ0) is 17.4. The Labute approximate surface area is 144 Å². The maximum atomic E-state index is 11.8. The molecule has 24 heavy (non-hydrogen) atoms. The van der Waals surface area contributed by atoms with Crippen molar-refractivity contribution in [3.8, 4) is 17.3 Å². The normalized spacial score (nSPS) is 10.0. The van der Waals surface area contributed by atoms with Crippen molar-refractivity contribution in [1.82, 2.24) is 4.98 Å². The molecule has 1 aromatic carbocycles. The molecule has 0 bridgehead atoms. The van der Waals surface area contributed by atoms with Gasteiger partial charge in [-0.15, -0.1) is 0 Å². The van der Waals surface area contributed by atoms with Gasteiger partial charge in [-0.2, -0.15) is 5.26 Å². The average Bonchev–Trinajstić information content (AvgIpc) is 2.60. The summed E-state index contributed by atoms with van der Waals surface area (Å²) in [7, 11) is 0. The van der Waals surface area contributed by atoms with E-state index in [1.807, 2.05) is 30.3 Å². The number of aromatic nitrogens is 1. The van der Waals surface area contributed by atoms with Gasteiger partial charge in [-0.3, -0.25) is 9.59 Å². The zero-order valence-corrected chi connectivity index (χ0v) is 14.0. The summed E-state index contributed by atoms with van der Waals surface area (Å²) in [6, 6.07) is 15.1. The van der Waals surface area contributed by atoms with Crippen LogP contribution in [0.3, 0.4) is 0 Å². The van der Waals surface area contributed by atoms with Gasteiger partial charge in [0, 0.05) is 5.56 Å². The van der Waals surface area contributed by atoms with E-state index in [-0.39, 0.29) is 24.6 Å². The molecule has 0 aliphatic heterocycles. The Balaban J connectivity index is 2.10. The fourth-order valence-electron chi connectivity index (χ4n) is 1.98.